The van der Waals surface area contributed by atoms with Crippen molar-refractivity contribution in [3.05, 3.63) is 82.4 Å². The van der Waals surface area contributed by atoms with E-state index in [4.69, 9.17) is 16.3 Å². The van der Waals surface area contributed by atoms with Gasteiger partial charge in [0.1, 0.15) is 22.3 Å². The highest BCUT2D eigenvalue weighted by Crippen LogP contribution is 2.35. The third kappa shape index (κ3) is 6.43. The summed E-state index contributed by atoms with van der Waals surface area (Å²) in [4.78, 5) is 22.6. The van der Waals surface area contributed by atoms with E-state index in [1.165, 1.54) is 6.92 Å². The van der Waals surface area contributed by atoms with Crippen molar-refractivity contribution in [3.8, 4) is 16.9 Å². The summed E-state index contributed by atoms with van der Waals surface area (Å²) in [5.41, 5.74) is -0.164. The largest absolute Gasteiger partial charge is 0.505 e. The van der Waals surface area contributed by atoms with Gasteiger partial charge in [0, 0.05) is 23.6 Å². The molecule has 0 saturated carbocycles. The van der Waals surface area contributed by atoms with Crippen LogP contribution in [0.1, 0.15) is 35.7 Å². The molecule has 0 unspecified atom stereocenters. The van der Waals surface area contributed by atoms with Crippen LogP contribution in [-0.4, -0.2) is 31.9 Å². The zero-order chi connectivity index (χ0) is 25.8. The molecular weight excluding hydrogens is 502 g/mol. The zero-order valence-corrected chi connectivity index (χ0v) is 20.1. The SMILES string of the molecule is CC(=O)CCCOC(=O)c1cc(Cl)c(O)c(S(=O)(=O)Cc2cc(-c3ccccc3)c(F)cc2F)c1. The number of benzene rings is 3. The fraction of sp³-hybridized carbons (Fsp3) is 0.200. The van der Waals surface area contributed by atoms with Crippen LogP contribution in [0.5, 0.6) is 5.75 Å². The van der Waals surface area contributed by atoms with Crippen LogP contribution >= 0.6 is 11.6 Å². The first kappa shape index (κ1) is 26.3. The molecular formula is C25H21ClF2O6S. The molecule has 3 aromatic rings. The lowest BCUT2D eigenvalue weighted by atomic mass is 10.0. The molecule has 3 aromatic carbocycles. The Labute approximate surface area is 206 Å². The monoisotopic (exact) mass is 522 g/mol. The molecule has 6 nitrogen and oxygen atoms in total. The molecule has 0 radical (unpaired) electrons. The number of aromatic hydroxyl groups is 1. The molecule has 0 aliphatic rings. The highest BCUT2D eigenvalue weighted by Gasteiger charge is 2.26. The van der Waals surface area contributed by atoms with Gasteiger partial charge in [-0.2, -0.15) is 0 Å². The van der Waals surface area contributed by atoms with E-state index in [-0.39, 0.29) is 41.9 Å². The van der Waals surface area contributed by atoms with E-state index in [1.807, 2.05) is 0 Å². The van der Waals surface area contributed by atoms with Gasteiger partial charge in [-0.15, -0.1) is 0 Å². The summed E-state index contributed by atoms with van der Waals surface area (Å²) in [5.74, 6) is -4.69. The van der Waals surface area contributed by atoms with Crippen molar-refractivity contribution in [2.45, 2.75) is 30.4 Å². The Hall–Kier alpha value is -3.30. The van der Waals surface area contributed by atoms with Gasteiger partial charge in [0.05, 0.1) is 22.9 Å². The van der Waals surface area contributed by atoms with Crippen molar-refractivity contribution in [2.75, 3.05) is 6.61 Å². The molecule has 0 fully saturated rings. The van der Waals surface area contributed by atoms with Crippen LogP contribution in [0.4, 0.5) is 8.78 Å². The number of rotatable bonds is 9. The molecule has 184 valence electrons. The lowest BCUT2D eigenvalue weighted by molar-refractivity contribution is -0.117. The number of esters is 1. The molecule has 1 N–H and O–H groups in total. The Kier molecular flexibility index (Phi) is 8.24. The van der Waals surface area contributed by atoms with Crippen LogP contribution in [-0.2, 0) is 25.1 Å². The number of carbonyl (C=O) groups excluding carboxylic acids is 2. The summed E-state index contributed by atoms with van der Waals surface area (Å²) in [5, 5.41) is 9.86. The van der Waals surface area contributed by atoms with Crippen LogP contribution in [0, 0.1) is 11.6 Å². The first-order valence-corrected chi connectivity index (χ1v) is 12.5. The molecule has 0 amide bonds. The Bertz CT molecular complexity index is 1370. The maximum Gasteiger partial charge on any atom is 0.338 e. The number of hydrogen-bond donors (Lipinski definition) is 1. The molecule has 0 bridgehead atoms. The Morgan fingerprint density at radius 1 is 1.03 bits per heavy atom. The van der Waals surface area contributed by atoms with E-state index < -0.39 is 48.9 Å². The average Bonchev–Trinajstić information content (AvgIpc) is 2.80. The number of phenols is 1. The lowest BCUT2D eigenvalue weighted by Crippen LogP contribution is -2.11. The summed E-state index contributed by atoms with van der Waals surface area (Å²) >= 11 is 5.94. The second-order valence-corrected chi connectivity index (χ2v) is 10.2. The maximum absolute atomic E-state index is 14.5. The number of ketones is 1. The summed E-state index contributed by atoms with van der Waals surface area (Å²) in [6.07, 6.45) is 0.489. The van der Waals surface area contributed by atoms with Crippen LogP contribution < -0.4 is 0 Å². The van der Waals surface area contributed by atoms with Gasteiger partial charge in [0.15, 0.2) is 15.6 Å². The minimum atomic E-state index is -4.44. The van der Waals surface area contributed by atoms with Crippen molar-refractivity contribution in [3.63, 3.8) is 0 Å². The number of hydrogen-bond acceptors (Lipinski definition) is 6. The van der Waals surface area contributed by atoms with Crippen molar-refractivity contribution in [1.82, 2.24) is 0 Å². The second kappa shape index (κ2) is 11.0. The molecule has 10 heteroatoms. The predicted molar refractivity (Wildman–Crippen MR) is 126 cm³/mol. The maximum atomic E-state index is 14.5. The molecule has 0 aliphatic heterocycles. The van der Waals surface area contributed by atoms with E-state index in [9.17, 15) is 31.9 Å². The van der Waals surface area contributed by atoms with E-state index in [0.29, 0.717) is 11.6 Å². The Morgan fingerprint density at radius 3 is 2.37 bits per heavy atom. The second-order valence-electron chi connectivity index (χ2n) is 7.79. The predicted octanol–water partition coefficient (Wildman–Crippen LogP) is 5.49. The first-order valence-electron chi connectivity index (χ1n) is 10.4. The van der Waals surface area contributed by atoms with Crippen LogP contribution in [0.2, 0.25) is 5.02 Å². The Morgan fingerprint density at radius 2 is 1.71 bits per heavy atom. The molecule has 0 aliphatic carbocycles. The van der Waals surface area contributed by atoms with Gasteiger partial charge in [-0.25, -0.2) is 22.0 Å². The third-order valence-electron chi connectivity index (χ3n) is 5.07. The number of Topliss-reactive ketones (excluding diaryl/α,β-unsaturated/α-hetero) is 1. The number of phenolic OH excluding ortho intramolecular Hbond substituents is 1. The van der Waals surface area contributed by atoms with Gasteiger partial charge in [-0.1, -0.05) is 41.9 Å². The minimum absolute atomic E-state index is 0.00217. The van der Waals surface area contributed by atoms with E-state index >= 15 is 0 Å². The zero-order valence-electron chi connectivity index (χ0n) is 18.6. The standard InChI is InChI=1S/C25H21ClF2O6S/c1-15(29)6-5-9-34-25(31)17-11-20(26)24(30)23(12-17)35(32,33)14-18-10-19(22(28)13-21(18)27)16-7-3-2-4-8-16/h2-4,7-8,10-13,30H,5-6,9,14H2,1H3. The molecule has 3 rings (SSSR count). The first-order chi connectivity index (χ1) is 16.5. The van der Waals surface area contributed by atoms with E-state index in [0.717, 1.165) is 18.2 Å². The fourth-order valence-corrected chi connectivity index (χ4v) is 5.10. The quantitative estimate of drug-likeness (QED) is 0.295. The number of halogens is 3. The van der Waals surface area contributed by atoms with Crippen molar-refractivity contribution in [2.24, 2.45) is 0 Å². The topological polar surface area (TPSA) is 97.7 Å². The number of ether oxygens (including phenoxy) is 1. The number of carbonyl (C=O) groups is 2. The van der Waals surface area contributed by atoms with Crippen LogP contribution in [0.3, 0.4) is 0 Å². The lowest BCUT2D eigenvalue weighted by Gasteiger charge is -2.13. The summed E-state index contributed by atoms with van der Waals surface area (Å²) < 4.78 is 60.1. The van der Waals surface area contributed by atoms with Crippen molar-refractivity contribution < 1.29 is 36.6 Å². The fourth-order valence-electron chi connectivity index (χ4n) is 3.32. The minimum Gasteiger partial charge on any atom is -0.505 e. The summed E-state index contributed by atoms with van der Waals surface area (Å²) in [6.45, 7) is 1.31. The van der Waals surface area contributed by atoms with Gasteiger partial charge >= 0.3 is 5.97 Å². The van der Waals surface area contributed by atoms with Crippen molar-refractivity contribution in [1.29, 1.82) is 0 Å². The van der Waals surface area contributed by atoms with Crippen LogP contribution in [0.25, 0.3) is 11.1 Å². The highest BCUT2D eigenvalue weighted by molar-refractivity contribution is 7.90. The molecule has 0 aromatic heterocycles. The normalized spacial score (nSPS) is 11.3. The number of sulfone groups is 1. The summed E-state index contributed by atoms with van der Waals surface area (Å²) in [6, 6.07) is 11.8. The van der Waals surface area contributed by atoms with Gasteiger partial charge in [-0.05, 0) is 37.1 Å². The van der Waals surface area contributed by atoms with Gasteiger partial charge in [-0.3, -0.25) is 0 Å². The van der Waals surface area contributed by atoms with E-state index in [1.54, 1.807) is 30.3 Å². The van der Waals surface area contributed by atoms with Gasteiger partial charge in [0.2, 0.25) is 0 Å². The van der Waals surface area contributed by atoms with E-state index in [2.05, 4.69) is 0 Å². The van der Waals surface area contributed by atoms with Crippen molar-refractivity contribution >= 4 is 33.2 Å². The van der Waals surface area contributed by atoms with Crippen LogP contribution in [0.15, 0.2) is 59.5 Å². The smallest absolute Gasteiger partial charge is 0.338 e. The molecule has 0 saturated heterocycles. The molecule has 35 heavy (non-hydrogen) atoms. The van der Waals surface area contributed by atoms with Gasteiger partial charge < -0.3 is 14.6 Å². The summed E-state index contributed by atoms with van der Waals surface area (Å²) in [7, 11) is -4.44. The van der Waals surface area contributed by atoms with Gasteiger partial charge in [0.25, 0.3) is 0 Å². The third-order valence-corrected chi connectivity index (χ3v) is 7.03. The Balaban J connectivity index is 1.92. The average molecular weight is 523 g/mol. The molecule has 0 atom stereocenters. The highest BCUT2D eigenvalue weighted by atomic mass is 35.5. The molecule has 0 spiro atoms. The molecule has 0 heterocycles.